The van der Waals surface area contributed by atoms with Crippen molar-refractivity contribution in [3.8, 4) is 17.2 Å². The first-order valence-electron chi connectivity index (χ1n) is 9.45. The molecule has 0 fully saturated rings. The minimum absolute atomic E-state index is 0.0609. The number of carbonyl (C=O) groups excluding carboxylic acids is 1. The summed E-state index contributed by atoms with van der Waals surface area (Å²) in [6.07, 6.45) is 3.21. The molecule has 0 aliphatic carbocycles. The fraction of sp³-hybridized carbons (Fsp3) is 0.160. The molecule has 3 rings (SSSR count). The molecule has 3 aromatic carbocycles. The highest BCUT2D eigenvalue weighted by atomic mass is 35.5. The molecule has 154 valence electrons. The Bertz CT molecular complexity index is 1080. The van der Waals surface area contributed by atoms with Crippen LogP contribution in [-0.4, -0.2) is 18.0 Å². The molecule has 0 unspecified atom stereocenters. The highest BCUT2D eigenvalue weighted by Gasteiger charge is 2.08. The summed E-state index contributed by atoms with van der Waals surface area (Å²) in [6, 6.07) is 15.7. The second kappa shape index (κ2) is 9.51. The van der Waals surface area contributed by atoms with Gasteiger partial charge in [-0.3, -0.25) is 4.79 Å². The molecule has 0 atom stereocenters. The van der Waals surface area contributed by atoms with Crippen LogP contribution in [-0.2, 0) is 6.61 Å². The molecule has 0 saturated carbocycles. The zero-order chi connectivity index (χ0) is 21.7. The van der Waals surface area contributed by atoms with Crippen LogP contribution < -0.4 is 9.47 Å². The van der Waals surface area contributed by atoms with Crippen molar-refractivity contribution in [2.75, 3.05) is 7.11 Å². The van der Waals surface area contributed by atoms with Gasteiger partial charge in [-0.15, -0.1) is 0 Å². The Hall–Kier alpha value is -3.24. The van der Waals surface area contributed by atoms with E-state index >= 15 is 0 Å². The standard InChI is InChI=1S/C25H23ClO4/c1-16-11-22(12-17(2)25(16)26)30-15-20-13-18(8-10-24(20)29-3)7-9-23(28)19-5-4-6-21(27)14-19/h4-14,27H,15H2,1-3H3/b9-7+. The third kappa shape index (κ3) is 5.22. The summed E-state index contributed by atoms with van der Waals surface area (Å²) >= 11 is 6.22. The van der Waals surface area contributed by atoms with E-state index in [1.165, 1.54) is 18.2 Å². The van der Waals surface area contributed by atoms with E-state index in [0.717, 1.165) is 33.0 Å². The Morgan fingerprint density at radius 1 is 1.07 bits per heavy atom. The Kier molecular flexibility index (Phi) is 6.80. The zero-order valence-electron chi connectivity index (χ0n) is 17.1. The maximum atomic E-state index is 12.3. The average Bonchev–Trinajstić information content (AvgIpc) is 2.74. The summed E-state index contributed by atoms with van der Waals surface area (Å²) in [5.74, 6) is 1.31. The van der Waals surface area contributed by atoms with E-state index < -0.39 is 0 Å². The van der Waals surface area contributed by atoms with Crippen LogP contribution in [0, 0.1) is 13.8 Å². The van der Waals surface area contributed by atoms with Gasteiger partial charge >= 0.3 is 0 Å². The van der Waals surface area contributed by atoms with E-state index in [4.69, 9.17) is 21.1 Å². The smallest absolute Gasteiger partial charge is 0.185 e. The number of benzene rings is 3. The molecule has 0 amide bonds. The van der Waals surface area contributed by atoms with Crippen LogP contribution in [0.4, 0.5) is 0 Å². The van der Waals surface area contributed by atoms with Crippen LogP contribution >= 0.6 is 11.6 Å². The number of rotatable bonds is 7. The summed E-state index contributed by atoms with van der Waals surface area (Å²) in [5, 5.41) is 10.3. The van der Waals surface area contributed by atoms with E-state index in [1.807, 2.05) is 44.2 Å². The Morgan fingerprint density at radius 3 is 2.47 bits per heavy atom. The molecule has 5 heteroatoms. The first-order valence-corrected chi connectivity index (χ1v) is 9.83. The monoisotopic (exact) mass is 422 g/mol. The van der Waals surface area contributed by atoms with Crippen molar-refractivity contribution in [2.45, 2.75) is 20.5 Å². The summed E-state index contributed by atoms with van der Waals surface area (Å²) < 4.78 is 11.4. The van der Waals surface area contributed by atoms with Crippen LogP contribution in [0.15, 0.2) is 60.7 Å². The predicted octanol–water partition coefficient (Wildman–Crippen LogP) is 6.15. The highest BCUT2D eigenvalue weighted by molar-refractivity contribution is 6.32. The van der Waals surface area contributed by atoms with Crippen molar-refractivity contribution in [1.29, 1.82) is 0 Å². The first-order chi connectivity index (χ1) is 14.4. The van der Waals surface area contributed by atoms with Crippen molar-refractivity contribution in [3.63, 3.8) is 0 Å². The minimum Gasteiger partial charge on any atom is -0.508 e. The van der Waals surface area contributed by atoms with Gasteiger partial charge in [0.15, 0.2) is 5.78 Å². The van der Waals surface area contributed by atoms with Gasteiger partial charge in [-0.1, -0.05) is 35.9 Å². The van der Waals surface area contributed by atoms with Crippen molar-refractivity contribution in [2.24, 2.45) is 0 Å². The molecule has 30 heavy (non-hydrogen) atoms. The van der Waals surface area contributed by atoms with Gasteiger partial charge in [0.1, 0.15) is 23.9 Å². The van der Waals surface area contributed by atoms with Gasteiger partial charge in [-0.25, -0.2) is 0 Å². The number of phenolic OH excluding ortho intramolecular Hbond substituents is 1. The van der Waals surface area contributed by atoms with Crippen molar-refractivity contribution in [3.05, 3.63) is 93.5 Å². The Balaban J connectivity index is 1.77. The minimum atomic E-state index is -0.188. The third-order valence-corrected chi connectivity index (χ3v) is 5.26. The van der Waals surface area contributed by atoms with Crippen LogP contribution in [0.1, 0.15) is 32.6 Å². The number of ketones is 1. The number of ether oxygens (including phenoxy) is 2. The maximum absolute atomic E-state index is 12.3. The third-order valence-electron chi connectivity index (χ3n) is 4.67. The normalized spacial score (nSPS) is 10.9. The van der Waals surface area contributed by atoms with Gasteiger partial charge in [0, 0.05) is 16.1 Å². The average molecular weight is 423 g/mol. The van der Waals surface area contributed by atoms with E-state index in [-0.39, 0.29) is 11.5 Å². The second-order valence-electron chi connectivity index (χ2n) is 6.98. The van der Waals surface area contributed by atoms with Gasteiger partial charge in [0.25, 0.3) is 0 Å². The maximum Gasteiger partial charge on any atom is 0.185 e. The number of aromatic hydroxyl groups is 1. The van der Waals surface area contributed by atoms with Crippen LogP contribution in [0.2, 0.25) is 5.02 Å². The highest BCUT2D eigenvalue weighted by Crippen LogP contribution is 2.28. The van der Waals surface area contributed by atoms with Gasteiger partial charge in [0.05, 0.1) is 7.11 Å². The largest absolute Gasteiger partial charge is 0.508 e. The lowest BCUT2D eigenvalue weighted by Crippen LogP contribution is -2.00. The summed E-state index contributed by atoms with van der Waals surface area (Å²) in [6.45, 7) is 4.20. The van der Waals surface area contributed by atoms with Gasteiger partial charge in [0.2, 0.25) is 0 Å². The van der Waals surface area contributed by atoms with Crippen molar-refractivity contribution in [1.82, 2.24) is 0 Å². The summed E-state index contributed by atoms with van der Waals surface area (Å²) in [5.41, 5.74) is 4.04. The van der Waals surface area contributed by atoms with E-state index in [2.05, 4.69) is 0 Å². The molecule has 0 spiro atoms. The number of allylic oxidation sites excluding steroid dienone is 1. The first kappa shape index (κ1) is 21.5. The molecule has 0 heterocycles. The van der Waals surface area contributed by atoms with Gasteiger partial charge < -0.3 is 14.6 Å². The molecular weight excluding hydrogens is 400 g/mol. The fourth-order valence-corrected chi connectivity index (χ4v) is 3.20. The molecule has 3 aromatic rings. The number of aryl methyl sites for hydroxylation is 2. The molecule has 0 aliphatic heterocycles. The Morgan fingerprint density at radius 2 is 1.80 bits per heavy atom. The van der Waals surface area contributed by atoms with Gasteiger partial charge in [-0.05, 0) is 73.0 Å². The van der Waals surface area contributed by atoms with Crippen LogP contribution in [0.3, 0.4) is 0 Å². The number of halogens is 1. The van der Waals surface area contributed by atoms with Gasteiger partial charge in [-0.2, -0.15) is 0 Å². The van der Waals surface area contributed by atoms with E-state index in [0.29, 0.717) is 17.9 Å². The Labute approximate surface area is 181 Å². The van der Waals surface area contributed by atoms with E-state index in [9.17, 15) is 9.90 Å². The molecule has 0 saturated heterocycles. The number of hydrogen-bond acceptors (Lipinski definition) is 4. The van der Waals surface area contributed by atoms with Crippen LogP contribution in [0.25, 0.3) is 6.08 Å². The number of methoxy groups -OCH3 is 1. The lowest BCUT2D eigenvalue weighted by molar-refractivity contribution is 0.104. The topological polar surface area (TPSA) is 55.8 Å². The second-order valence-corrected chi connectivity index (χ2v) is 7.36. The summed E-state index contributed by atoms with van der Waals surface area (Å²) in [7, 11) is 1.61. The predicted molar refractivity (Wildman–Crippen MR) is 120 cm³/mol. The number of phenols is 1. The number of carbonyl (C=O) groups is 1. The number of hydrogen-bond donors (Lipinski definition) is 1. The SMILES string of the molecule is COc1ccc(/C=C/C(=O)c2cccc(O)c2)cc1COc1cc(C)c(Cl)c(C)c1. The zero-order valence-corrected chi connectivity index (χ0v) is 17.9. The molecule has 0 aliphatic rings. The lowest BCUT2D eigenvalue weighted by atomic mass is 10.1. The molecule has 0 bridgehead atoms. The lowest BCUT2D eigenvalue weighted by Gasteiger charge is -2.13. The molecule has 1 N–H and O–H groups in total. The van der Waals surface area contributed by atoms with Crippen LogP contribution in [0.5, 0.6) is 17.2 Å². The molecular formula is C25H23ClO4. The van der Waals surface area contributed by atoms with E-state index in [1.54, 1.807) is 25.3 Å². The fourth-order valence-electron chi connectivity index (χ4n) is 3.09. The molecule has 0 radical (unpaired) electrons. The quantitative estimate of drug-likeness (QED) is 0.366. The summed E-state index contributed by atoms with van der Waals surface area (Å²) in [4.78, 5) is 12.3. The molecule has 0 aromatic heterocycles. The molecule has 4 nitrogen and oxygen atoms in total. The van der Waals surface area contributed by atoms with Crippen molar-refractivity contribution < 1.29 is 19.4 Å². The van der Waals surface area contributed by atoms with Crippen molar-refractivity contribution >= 4 is 23.5 Å².